The predicted molar refractivity (Wildman–Crippen MR) is 60.0 cm³/mol. The van der Waals surface area contributed by atoms with E-state index < -0.39 is 5.60 Å². The number of nitrogens with one attached hydrogen (secondary N) is 1. The molecule has 2 N–H and O–H groups in total. The van der Waals surface area contributed by atoms with Crippen LogP contribution in [0.25, 0.3) is 0 Å². The van der Waals surface area contributed by atoms with Crippen LogP contribution in [0.1, 0.15) is 40.0 Å². The maximum absolute atomic E-state index is 11.6. The molecule has 4 nitrogen and oxygen atoms in total. The summed E-state index contributed by atoms with van der Waals surface area (Å²) in [7, 11) is 0. The van der Waals surface area contributed by atoms with Crippen molar-refractivity contribution in [2.75, 3.05) is 0 Å². The number of aliphatic hydroxyl groups is 1. The van der Waals surface area contributed by atoms with Crippen molar-refractivity contribution in [3.63, 3.8) is 0 Å². The van der Waals surface area contributed by atoms with Crippen molar-refractivity contribution >= 4 is 6.09 Å². The molecule has 4 heteroatoms. The van der Waals surface area contributed by atoms with Crippen LogP contribution in [0.15, 0.2) is 0 Å². The highest BCUT2D eigenvalue weighted by molar-refractivity contribution is 5.68. The van der Waals surface area contributed by atoms with E-state index in [-0.39, 0.29) is 24.2 Å². The first-order valence-corrected chi connectivity index (χ1v) is 6.04. The molecule has 2 aliphatic carbocycles. The SMILES string of the molecule is CC(C)(C)OC(=O)N[C@H]1[C@@H]2CC[C@@H]1[C@@H](O)C2. The number of hydrogen-bond acceptors (Lipinski definition) is 3. The highest BCUT2D eigenvalue weighted by Crippen LogP contribution is 2.44. The molecule has 16 heavy (non-hydrogen) atoms. The second kappa shape index (κ2) is 3.91. The maximum Gasteiger partial charge on any atom is 0.407 e. The largest absolute Gasteiger partial charge is 0.444 e. The quantitative estimate of drug-likeness (QED) is 0.716. The summed E-state index contributed by atoms with van der Waals surface area (Å²) in [5.74, 6) is 0.671. The van der Waals surface area contributed by atoms with Gasteiger partial charge in [-0.15, -0.1) is 0 Å². The lowest BCUT2D eigenvalue weighted by atomic mass is 9.98. The molecule has 0 aromatic carbocycles. The number of carbonyl (C=O) groups excluding carboxylic acids is 1. The first-order valence-electron chi connectivity index (χ1n) is 6.04. The van der Waals surface area contributed by atoms with E-state index >= 15 is 0 Å². The van der Waals surface area contributed by atoms with Crippen LogP contribution >= 0.6 is 0 Å². The number of amides is 1. The molecular formula is C12H21NO3. The molecule has 2 fully saturated rings. The van der Waals surface area contributed by atoms with Crippen LogP contribution in [0.4, 0.5) is 4.79 Å². The maximum atomic E-state index is 11.6. The Labute approximate surface area is 96.4 Å². The van der Waals surface area contributed by atoms with Crippen LogP contribution in [0, 0.1) is 11.8 Å². The van der Waals surface area contributed by atoms with Crippen molar-refractivity contribution < 1.29 is 14.6 Å². The van der Waals surface area contributed by atoms with Crippen LogP contribution in [-0.4, -0.2) is 28.9 Å². The molecule has 0 unspecified atom stereocenters. The van der Waals surface area contributed by atoms with E-state index in [9.17, 15) is 9.90 Å². The van der Waals surface area contributed by atoms with E-state index in [0.29, 0.717) is 5.92 Å². The normalized spacial score (nSPS) is 37.5. The number of carbonyl (C=O) groups is 1. The number of alkyl carbamates (subject to hydrolysis) is 1. The van der Waals surface area contributed by atoms with Crippen LogP contribution in [0.2, 0.25) is 0 Å². The van der Waals surface area contributed by atoms with Gasteiger partial charge in [0.15, 0.2) is 0 Å². The molecule has 2 rings (SSSR count). The lowest BCUT2D eigenvalue weighted by molar-refractivity contribution is 0.0479. The third-order valence-corrected chi connectivity index (χ3v) is 3.56. The van der Waals surface area contributed by atoms with E-state index in [0.717, 1.165) is 19.3 Å². The van der Waals surface area contributed by atoms with Gasteiger partial charge in [0.25, 0.3) is 0 Å². The molecule has 0 aromatic heterocycles. The highest BCUT2D eigenvalue weighted by Gasteiger charge is 2.48. The Morgan fingerprint density at radius 2 is 2.06 bits per heavy atom. The van der Waals surface area contributed by atoms with Crippen LogP contribution in [0.5, 0.6) is 0 Å². The Kier molecular flexibility index (Phi) is 2.86. The highest BCUT2D eigenvalue weighted by atomic mass is 16.6. The van der Waals surface area contributed by atoms with Crippen molar-refractivity contribution in [2.24, 2.45) is 11.8 Å². The lowest BCUT2D eigenvalue weighted by Crippen LogP contribution is -2.42. The first kappa shape index (κ1) is 11.7. The summed E-state index contributed by atoms with van der Waals surface area (Å²) in [4.78, 5) is 11.6. The van der Waals surface area contributed by atoms with E-state index in [1.54, 1.807) is 0 Å². The van der Waals surface area contributed by atoms with E-state index in [1.807, 2.05) is 20.8 Å². The van der Waals surface area contributed by atoms with Crippen molar-refractivity contribution in [1.82, 2.24) is 5.32 Å². The molecule has 2 saturated carbocycles. The molecule has 4 atom stereocenters. The smallest absolute Gasteiger partial charge is 0.407 e. The van der Waals surface area contributed by atoms with Crippen molar-refractivity contribution in [1.29, 1.82) is 0 Å². The van der Waals surface area contributed by atoms with Gasteiger partial charge in [-0.05, 0) is 46.0 Å². The fourth-order valence-electron chi connectivity index (χ4n) is 2.96. The molecular weight excluding hydrogens is 206 g/mol. The average Bonchev–Trinajstić information content (AvgIpc) is 2.57. The van der Waals surface area contributed by atoms with Gasteiger partial charge in [-0.3, -0.25) is 0 Å². The molecule has 2 aliphatic rings. The Morgan fingerprint density at radius 3 is 2.50 bits per heavy atom. The standard InChI is InChI=1S/C12H21NO3/c1-12(2,3)16-11(15)13-10-7-4-5-8(10)9(14)6-7/h7-10,14H,4-6H2,1-3H3,(H,13,15)/t7-,8-,9+,10+/m1/s1. The van der Waals surface area contributed by atoms with Gasteiger partial charge in [0.2, 0.25) is 0 Å². The molecule has 0 aromatic rings. The van der Waals surface area contributed by atoms with E-state index in [4.69, 9.17) is 4.74 Å². The van der Waals surface area contributed by atoms with Crippen molar-refractivity contribution in [3.8, 4) is 0 Å². The third-order valence-electron chi connectivity index (χ3n) is 3.56. The lowest BCUT2D eigenvalue weighted by Gasteiger charge is -2.23. The Balaban J connectivity index is 1.89. The van der Waals surface area contributed by atoms with Crippen molar-refractivity contribution in [3.05, 3.63) is 0 Å². The Bertz CT molecular complexity index is 284. The minimum absolute atomic E-state index is 0.116. The van der Waals surface area contributed by atoms with Gasteiger partial charge < -0.3 is 15.2 Å². The molecule has 92 valence electrons. The topological polar surface area (TPSA) is 58.6 Å². The van der Waals surface area contributed by atoms with Gasteiger partial charge in [0.05, 0.1) is 6.10 Å². The van der Waals surface area contributed by atoms with Crippen LogP contribution < -0.4 is 5.32 Å². The molecule has 0 heterocycles. The van der Waals surface area contributed by atoms with Crippen LogP contribution in [0.3, 0.4) is 0 Å². The molecule has 0 saturated heterocycles. The monoisotopic (exact) mass is 227 g/mol. The number of aliphatic hydroxyl groups excluding tert-OH is 1. The van der Waals surface area contributed by atoms with Crippen LogP contribution in [-0.2, 0) is 4.74 Å². The van der Waals surface area contributed by atoms with E-state index in [2.05, 4.69) is 5.32 Å². The number of ether oxygens (including phenoxy) is 1. The van der Waals surface area contributed by atoms with Gasteiger partial charge in [0.1, 0.15) is 5.60 Å². The molecule has 0 spiro atoms. The minimum atomic E-state index is -0.458. The third kappa shape index (κ3) is 2.32. The van der Waals surface area contributed by atoms with Gasteiger partial charge in [-0.1, -0.05) is 0 Å². The van der Waals surface area contributed by atoms with E-state index in [1.165, 1.54) is 0 Å². The summed E-state index contributed by atoms with van der Waals surface area (Å²) in [6, 6.07) is 0.116. The summed E-state index contributed by atoms with van der Waals surface area (Å²) in [6.07, 6.45) is 2.36. The van der Waals surface area contributed by atoms with Gasteiger partial charge in [-0.2, -0.15) is 0 Å². The average molecular weight is 227 g/mol. The number of hydrogen-bond donors (Lipinski definition) is 2. The number of fused-ring (bicyclic) bond motifs is 2. The summed E-state index contributed by atoms with van der Waals surface area (Å²) in [5, 5.41) is 12.6. The zero-order valence-electron chi connectivity index (χ0n) is 10.2. The predicted octanol–water partition coefficient (Wildman–Crippen LogP) is 1.67. The molecule has 1 amide bonds. The summed E-state index contributed by atoms with van der Waals surface area (Å²) in [6.45, 7) is 5.56. The van der Waals surface area contributed by atoms with Crippen molar-refractivity contribution in [2.45, 2.75) is 57.8 Å². The first-order chi connectivity index (χ1) is 7.37. The zero-order valence-corrected chi connectivity index (χ0v) is 10.2. The van der Waals surface area contributed by atoms with Gasteiger partial charge in [-0.25, -0.2) is 4.79 Å². The Hall–Kier alpha value is -0.770. The molecule has 0 aliphatic heterocycles. The Morgan fingerprint density at radius 1 is 1.38 bits per heavy atom. The van der Waals surface area contributed by atoms with Gasteiger partial charge >= 0.3 is 6.09 Å². The fourth-order valence-corrected chi connectivity index (χ4v) is 2.96. The second-order valence-corrected chi connectivity index (χ2v) is 5.98. The summed E-state index contributed by atoms with van der Waals surface area (Å²) in [5.41, 5.74) is -0.458. The second-order valence-electron chi connectivity index (χ2n) is 5.98. The summed E-state index contributed by atoms with van der Waals surface area (Å²) >= 11 is 0. The zero-order chi connectivity index (χ0) is 11.9. The summed E-state index contributed by atoms with van der Waals surface area (Å²) < 4.78 is 5.23. The molecule has 2 bridgehead atoms. The minimum Gasteiger partial charge on any atom is -0.444 e. The van der Waals surface area contributed by atoms with Gasteiger partial charge in [0, 0.05) is 12.0 Å². The fraction of sp³-hybridized carbons (Fsp3) is 0.917. The molecule has 0 radical (unpaired) electrons. The number of rotatable bonds is 1.